The van der Waals surface area contributed by atoms with Crippen molar-refractivity contribution in [3.8, 4) is 17.3 Å². The predicted octanol–water partition coefficient (Wildman–Crippen LogP) is 3.89. The van der Waals surface area contributed by atoms with Gasteiger partial charge in [0.1, 0.15) is 17.9 Å². The number of nitrogens with one attached hydrogen (secondary N) is 1. The van der Waals surface area contributed by atoms with E-state index in [1.165, 1.54) is 6.33 Å². The Hall–Kier alpha value is -4.53. The van der Waals surface area contributed by atoms with Gasteiger partial charge in [0.15, 0.2) is 11.5 Å². The third-order valence-corrected chi connectivity index (χ3v) is 5.44. The number of carbonyl (C=O) groups excluding carboxylic acids is 1. The molecule has 3 aromatic heterocycles. The Morgan fingerprint density at radius 1 is 1.03 bits per heavy atom. The number of methoxy groups -OCH3 is 1. The standard InChI is InChI=1S/C25H23N7O2/c1-17-14-22(29-23(33)13-10-18-8-11-20(34-2)12-9-18)32(30-17)25-21-15-28-31(24(21)26-16-27-25)19-6-4-3-5-7-19/h3-9,11-12,14-16H,10,13H2,1-2H3,(H,29,33). The van der Waals surface area contributed by atoms with Crippen molar-refractivity contribution in [3.05, 3.63) is 84.4 Å². The van der Waals surface area contributed by atoms with E-state index in [0.29, 0.717) is 30.1 Å². The average molecular weight is 454 g/mol. The maximum absolute atomic E-state index is 12.7. The molecule has 0 unspecified atom stereocenters. The van der Waals surface area contributed by atoms with Gasteiger partial charge in [-0.25, -0.2) is 14.6 Å². The molecule has 0 atom stereocenters. The molecular formula is C25H23N7O2. The average Bonchev–Trinajstić information content (AvgIpc) is 3.46. The smallest absolute Gasteiger partial charge is 0.225 e. The van der Waals surface area contributed by atoms with Crippen molar-refractivity contribution < 1.29 is 9.53 Å². The number of hydrogen-bond acceptors (Lipinski definition) is 6. The van der Waals surface area contributed by atoms with E-state index >= 15 is 0 Å². The van der Waals surface area contributed by atoms with Gasteiger partial charge in [-0.3, -0.25) is 4.79 Å². The first-order chi connectivity index (χ1) is 16.6. The van der Waals surface area contributed by atoms with Crippen molar-refractivity contribution >= 4 is 22.8 Å². The molecule has 5 aromatic rings. The van der Waals surface area contributed by atoms with Crippen LogP contribution in [0.5, 0.6) is 5.75 Å². The topological polar surface area (TPSA) is 99.8 Å². The molecule has 2 aromatic carbocycles. The lowest BCUT2D eigenvalue weighted by Crippen LogP contribution is -2.16. The van der Waals surface area contributed by atoms with Gasteiger partial charge < -0.3 is 10.1 Å². The molecule has 0 saturated heterocycles. The summed E-state index contributed by atoms with van der Waals surface area (Å²) in [4.78, 5) is 21.6. The third-order valence-electron chi connectivity index (χ3n) is 5.44. The van der Waals surface area contributed by atoms with E-state index in [2.05, 4.69) is 25.5 Å². The molecule has 9 heteroatoms. The maximum atomic E-state index is 12.7. The number of benzene rings is 2. The van der Waals surface area contributed by atoms with Crippen molar-refractivity contribution in [2.45, 2.75) is 19.8 Å². The highest BCUT2D eigenvalue weighted by Crippen LogP contribution is 2.24. The molecule has 0 fully saturated rings. The van der Waals surface area contributed by atoms with E-state index in [0.717, 1.165) is 28.1 Å². The number of fused-ring (bicyclic) bond motifs is 1. The molecule has 0 bridgehead atoms. The highest BCUT2D eigenvalue weighted by Gasteiger charge is 2.17. The first-order valence-corrected chi connectivity index (χ1v) is 10.9. The second-order valence-electron chi connectivity index (χ2n) is 7.81. The highest BCUT2D eigenvalue weighted by atomic mass is 16.5. The van der Waals surface area contributed by atoms with E-state index in [9.17, 15) is 4.79 Å². The van der Waals surface area contributed by atoms with Crippen LogP contribution in [0, 0.1) is 6.92 Å². The summed E-state index contributed by atoms with van der Waals surface area (Å²) in [6.07, 6.45) is 4.14. The van der Waals surface area contributed by atoms with Crippen molar-refractivity contribution in [2.75, 3.05) is 12.4 Å². The second-order valence-corrected chi connectivity index (χ2v) is 7.81. The van der Waals surface area contributed by atoms with Crippen molar-refractivity contribution in [3.63, 3.8) is 0 Å². The Morgan fingerprint density at radius 2 is 1.82 bits per heavy atom. The van der Waals surface area contributed by atoms with Gasteiger partial charge in [0.25, 0.3) is 0 Å². The Balaban J connectivity index is 1.39. The Labute approximate surface area is 196 Å². The zero-order valence-corrected chi connectivity index (χ0v) is 18.8. The molecule has 0 aliphatic rings. The van der Waals surface area contributed by atoms with Gasteiger partial charge >= 0.3 is 0 Å². The molecule has 34 heavy (non-hydrogen) atoms. The summed E-state index contributed by atoms with van der Waals surface area (Å²) in [5.74, 6) is 1.78. The lowest BCUT2D eigenvalue weighted by molar-refractivity contribution is -0.116. The Morgan fingerprint density at radius 3 is 2.59 bits per heavy atom. The van der Waals surface area contributed by atoms with Crippen LogP contribution in [0.4, 0.5) is 5.82 Å². The van der Waals surface area contributed by atoms with Gasteiger partial charge in [-0.2, -0.15) is 14.9 Å². The number of ether oxygens (including phenoxy) is 1. The molecule has 3 heterocycles. The van der Waals surface area contributed by atoms with Crippen LogP contribution in [0.2, 0.25) is 0 Å². The maximum Gasteiger partial charge on any atom is 0.225 e. The molecular weight excluding hydrogens is 430 g/mol. The fraction of sp³-hybridized carbons (Fsp3) is 0.160. The van der Waals surface area contributed by atoms with E-state index in [1.54, 1.807) is 22.7 Å². The minimum absolute atomic E-state index is 0.109. The van der Waals surface area contributed by atoms with Crippen LogP contribution in [0.1, 0.15) is 17.7 Å². The number of amides is 1. The van der Waals surface area contributed by atoms with Gasteiger partial charge in [0.05, 0.1) is 30.1 Å². The molecule has 0 radical (unpaired) electrons. The first-order valence-electron chi connectivity index (χ1n) is 10.9. The molecule has 170 valence electrons. The van der Waals surface area contributed by atoms with Crippen LogP contribution in [0.15, 0.2) is 73.2 Å². The molecule has 0 saturated carbocycles. The van der Waals surface area contributed by atoms with Crippen LogP contribution < -0.4 is 10.1 Å². The fourth-order valence-corrected chi connectivity index (χ4v) is 3.76. The summed E-state index contributed by atoms with van der Waals surface area (Å²) in [6, 6.07) is 19.3. The summed E-state index contributed by atoms with van der Waals surface area (Å²) in [5, 5.41) is 12.8. The quantitative estimate of drug-likeness (QED) is 0.401. The molecule has 0 spiro atoms. The lowest BCUT2D eigenvalue weighted by atomic mass is 10.1. The first kappa shape index (κ1) is 21.3. The van der Waals surface area contributed by atoms with Gasteiger partial charge in [-0.05, 0) is 43.2 Å². The molecule has 1 amide bonds. The molecule has 0 aliphatic carbocycles. The Bertz CT molecular complexity index is 1440. The normalized spacial score (nSPS) is 11.0. The number of carbonyl (C=O) groups is 1. The summed E-state index contributed by atoms with van der Waals surface area (Å²) in [5.41, 5.74) is 3.37. The number of nitrogens with zero attached hydrogens (tertiary/aromatic N) is 6. The van der Waals surface area contributed by atoms with E-state index < -0.39 is 0 Å². The fourth-order valence-electron chi connectivity index (χ4n) is 3.76. The minimum Gasteiger partial charge on any atom is -0.497 e. The van der Waals surface area contributed by atoms with Crippen LogP contribution in [-0.4, -0.2) is 42.5 Å². The largest absolute Gasteiger partial charge is 0.497 e. The monoisotopic (exact) mass is 453 g/mol. The number of rotatable bonds is 7. The molecule has 1 N–H and O–H groups in total. The lowest BCUT2D eigenvalue weighted by Gasteiger charge is -2.09. The van der Waals surface area contributed by atoms with Gasteiger partial charge in [0, 0.05) is 12.5 Å². The second kappa shape index (κ2) is 9.14. The van der Waals surface area contributed by atoms with E-state index in [-0.39, 0.29) is 5.91 Å². The van der Waals surface area contributed by atoms with Crippen LogP contribution in [0.25, 0.3) is 22.5 Å². The van der Waals surface area contributed by atoms with Crippen molar-refractivity contribution in [1.82, 2.24) is 29.5 Å². The van der Waals surface area contributed by atoms with Gasteiger partial charge in [0.2, 0.25) is 5.91 Å². The minimum atomic E-state index is -0.109. The summed E-state index contributed by atoms with van der Waals surface area (Å²) in [7, 11) is 1.63. The van der Waals surface area contributed by atoms with Gasteiger partial charge in [-0.1, -0.05) is 30.3 Å². The number of para-hydroxylation sites is 1. The Kier molecular flexibility index (Phi) is 5.73. The van der Waals surface area contributed by atoms with E-state index in [4.69, 9.17) is 4.74 Å². The van der Waals surface area contributed by atoms with Gasteiger partial charge in [-0.15, -0.1) is 0 Å². The molecule has 5 rings (SSSR count). The summed E-state index contributed by atoms with van der Waals surface area (Å²) >= 11 is 0. The number of aromatic nitrogens is 6. The molecule has 0 aliphatic heterocycles. The number of anilines is 1. The third kappa shape index (κ3) is 4.23. The SMILES string of the molecule is COc1ccc(CCC(=O)Nc2cc(C)nn2-c2ncnc3c2cnn3-c2ccccc2)cc1. The van der Waals surface area contributed by atoms with Crippen molar-refractivity contribution in [1.29, 1.82) is 0 Å². The predicted molar refractivity (Wildman–Crippen MR) is 128 cm³/mol. The zero-order chi connectivity index (χ0) is 23.5. The summed E-state index contributed by atoms with van der Waals surface area (Å²) < 4.78 is 8.56. The zero-order valence-electron chi connectivity index (χ0n) is 18.8. The van der Waals surface area contributed by atoms with E-state index in [1.807, 2.05) is 67.6 Å². The number of aryl methyl sites for hydroxylation is 2. The summed E-state index contributed by atoms with van der Waals surface area (Å²) in [6.45, 7) is 1.87. The van der Waals surface area contributed by atoms with Crippen LogP contribution >= 0.6 is 0 Å². The number of hydrogen-bond donors (Lipinski definition) is 1. The van der Waals surface area contributed by atoms with Crippen LogP contribution in [0.3, 0.4) is 0 Å². The highest BCUT2D eigenvalue weighted by molar-refractivity contribution is 5.91. The molecule has 9 nitrogen and oxygen atoms in total. The van der Waals surface area contributed by atoms with Crippen LogP contribution in [-0.2, 0) is 11.2 Å². The van der Waals surface area contributed by atoms with Crippen molar-refractivity contribution in [2.24, 2.45) is 0 Å².